The van der Waals surface area contributed by atoms with Gasteiger partial charge in [-0.05, 0) is 49.2 Å². The maximum absolute atomic E-state index is 13.7. The van der Waals surface area contributed by atoms with Gasteiger partial charge < -0.3 is 20.4 Å². The van der Waals surface area contributed by atoms with Crippen molar-refractivity contribution in [2.75, 3.05) is 47.6 Å². The zero-order valence-electron chi connectivity index (χ0n) is 20.4. The number of benzene rings is 2. The fourth-order valence-corrected chi connectivity index (χ4v) is 4.08. The number of anilines is 5. The predicted octanol–water partition coefficient (Wildman–Crippen LogP) is 4.34. The van der Waals surface area contributed by atoms with E-state index in [-0.39, 0.29) is 12.5 Å². The molecule has 9 nitrogen and oxygen atoms in total. The van der Waals surface area contributed by atoms with E-state index in [4.69, 9.17) is 0 Å². The maximum Gasteiger partial charge on any atom is 0.255 e. The summed E-state index contributed by atoms with van der Waals surface area (Å²) in [4.78, 5) is 34.4. The lowest BCUT2D eigenvalue weighted by atomic mass is 10.1. The largest absolute Gasteiger partial charge is 0.378 e. The Bertz CT molecular complexity index is 1430. The van der Waals surface area contributed by atoms with E-state index in [1.807, 2.05) is 61.2 Å². The van der Waals surface area contributed by atoms with E-state index in [1.165, 1.54) is 6.33 Å². The molecule has 0 saturated carbocycles. The Balaban J connectivity index is 1.41. The van der Waals surface area contributed by atoms with Crippen LogP contribution in [0.1, 0.15) is 22.3 Å². The summed E-state index contributed by atoms with van der Waals surface area (Å²) >= 11 is 0. The second kappa shape index (κ2) is 9.73. The lowest BCUT2D eigenvalue weighted by molar-refractivity contribution is 0.102. The van der Waals surface area contributed by atoms with Crippen LogP contribution in [0.5, 0.6) is 0 Å². The number of carbonyl (C=O) groups is 1. The number of amides is 1. The SMILES string of the molecule is Cc1ccc(C(=O)Nc2cccc(N(C)C)c2)cc1Nc1ncnc2cnc(N3CC[C@@H](F)C3)nc12. The Morgan fingerprint density at radius 3 is 2.78 bits per heavy atom. The number of nitrogens with one attached hydrogen (secondary N) is 2. The van der Waals surface area contributed by atoms with E-state index in [0.717, 1.165) is 16.9 Å². The van der Waals surface area contributed by atoms with Gasteiger partial charge in [0.05, 0.1) is 12.7 Å². The van der Waals surface area contributed by atoms with Gasteiger partial charge in [-0.15, -0.1) is 0 Å². The van der Waals surface area contributed by atoms with Crippen LogP contribution in [0, 0.1) is 6.92 Å². The number of nitrogens with zero attached hydrogens (tertiary/aromatic N) is 6. The summed E-state index contributed by atoms with van der Waals surface area (Å²) in [6, 6.07) is 13.1. The third-order valence-electron chi connectivity index (χ3n) is 6.15. The molecule has 1 aliphatic rings. The molecule has 4 aromatic rings. The second-order valence-electron chi connectivity index (χ2n) is 9.01. The Morgan fingerprint density at radius 1 is 1.14 bits per heavy atom. The fraction of sp³-hybridized carbons (Fsp3) is 0.269. The summed E-state index contributed by atoms with van der Waals surface area (Å²) in [6.45, 7) is 2.78. The Morgan fingerprint density at radius 2 is 2.00 bits per heavy atom. The van der Waals surface area contributed by atoms with E-state index in [9.17, 15) is 9.18 Å². The van der Waals surface area contributed by atoms with Crippen LogP contribution in [0.15, 0.2) is 55.0 Å². The first-order valence-corrected chi connectivity index (χ1v) is 11.7. The number of aromatic nitrogens is 4. The molecule has 1 aliphatic heterocycles. The Kier molecular flexibility index (Phi) is 6.32. The molecule has 1 saturated heterocycles. The van der Waals surface area contributed by atoms with Gasteiger partial charge in [-0.25, -0.2) is 24.3 Å². The molecule has 1 atom stereocenters. The summed E-state index contributed by atoms with van der Waals surface area (Å²) < 4.78 is 13.7. The van der Waals surface area contributed by atoms with E-state index >= 15 is 0 Å². The second-order valence-corrected chi connectivity index (χ2v) is 9.01. The van der Waals surface area contributed by atoms with Gasteiger partial charge in [-0.2, -0.15) is 0 Å². The molecule has 10 heteroatoms. The van der Waals surface area contributed by atoms with Crippen molar-refractivity contribution in [3.05, 3.63) is 66.1 Å². The Hall–Kier alpha value is -4.34. The molecule has 2 aromatic carbocycles. The van der Waals surface area contributed by atoms with Crippen molar-refractivity contribution in [2.24, 2.45) is 0 Å². The molecule has 36 heavy (non-hydrogen) atoms. The first kappa shape index (κ1) is 23.4. The highest BCUT2D eigenvalue weighted by Crippen LogP contribution is 2.27. The molecule has 2 aromatic heterocycles. The highest BCUT2D eigenvalue weighted by atomic mass is 19.1. The summed E-state index contributed by atoms with van der Waals surface area (Å²) in [6.07, 6.45) is 2.64. The zero-order valence-corrected chi connectivity index (χ0v) is 20.4. The van der Waals surface area contributed by atoms with Crippen molar-refractivity contribution in [1.82, 2.24) is 19.9 Å². The normalized spacial score (nSPS) is 15.2. The summed E-state index contributed by atoms with van der Waals surface area (Å²) in [5.74, 6) is 0.713. The fourth-order valence-electron chi connectivity index (χ4n) is 4.08. The molecule has 184 valence electrons. The standard InChI is InChI=1S/C26H27FN8O/c1-16-7-8-17(25(36)31-19-5-4-6-20(12-19)34(2)3)11-21(16)32-24-23-22(29-15-30-24)13-28-26(33-23)35-10-9-18(27)14-35/h4-8,11-13,15,18H,9-10,14H2,1-3H3,(H,31,36)(H,29,30,32)/t18-/m1/s1. The number of fused-ring (bicyclic) bond motifs is 1. The molecule has 2 N–H and O–H groups in total. The molecule has 5 rings (SSSR count). The van der Waals surface area contributed by atoms with Crippen molar-refractivity contribution in [2.45, 2.75) is 19.5 Å². The van der Waals surface area contributed by atoms with Crippen LogP contribution in [0.2, 0.25) is 0 Å². The van der Waals surface area contributed by atoms with E-state index in [0.29, 0.717) is 47.0 Å². The van der Waals surface area contributed by atoms with Crippen molar-refractivity contribution >= 4 is 45.8 Å². The molecule has 1 amide bonds. The molecule has 0 bridgehead atoms. The first-order chi connectivity index (χ1) is 17.4. The van der Waals surface area contributed by atoms with Crippen LogP contribution in [0.4, 0.5) is 33.2 Å². The molecular formula is C26H27FN8O. The first-order valence-electron chi connectivity index (χ1n) is 11.7. The molecule has 1 fully saturated rings. The average Bonchev–Trinajstić information content (AvgIpc) is 3.31. The van der Waals surface area contributed by atoms with Crippen molar-refractivity contribution in [1.29, 1.82) is 0 Å². The van der Waals surface area contributed by atoms with Crippen LogP contribution in [-0.4, -0.2) is 59.2 Å². The van der Waals surface area contributed by atoms with Crippen molar-refractivity contribution in [3.8, 4) is 0 Å². The minimum absolute atomic E-state index is 0.221. The third kappa shape index (κ3) is 4.88. The molecule has 0 unspecified atom stereocenters. The lowest BCUT2D eigenvalue weighted by Crippen LogP contribution is -2.22. The number of hydrogen-bond acceptors (Lipinski definition) is 8. The number of rotatable bonds is 6. The van der Waals surface area contributed by atoms with Crippen molar-refractivity contribution in [3.63, 3.8) is 0 Å². The quantitative estimate of drug-likeness (QED) is 0.415. The monoisotopic (exact) mass is 486 g/mol. The van der Waals surface area contributed by atoms with Gasteiger partial charge in [0.1, 0.15) is 23.5 Å². The van der Waals surface area contributed by atoms with Gasteiger partial charge in [-0.3, -0.25) is 4.79 Å². The molecule has 3 heterocycles. The van der Waals surface area contributed by atoms with Crippen LogP contribution in [-0.2, 0) is 0 Å². The van der Waals surface area contributed by atoms with Crippen LogP contribution in [0.3, 0.4) is 0 Å². The number of hydrogen-bond donors (Lipinski definition) is 2. The van der Waals surface area contributed by atoms with Crippen molar-refractivity contribution < 1.29 is 9.18 Å². The van der Waals surface area contributed by atoms with Gasteiger partial charge in [-0.1, -0.05) is 12.1 Å². The molecule has 0 radical (unpaired) electrons. The van der Waals surface area contributed by atoms with Gasteiger partial charge in [0.25, 0.3) is 5.91 Å². The number of halogens is 1. The average molecular weight is 487 g/mol. The smallest absolute Gasteiger partial charge is 0.255 e. The molecular weight excluding hydrogens is 459 g/mol. The highest BCUT2D eigenvalue weighted by molar-refractivity contribution is 6.05. The van der Waals surface area contributed by atoms with E-state index in [1.54, 1.807) is 18.3 Å². The number of carbonyl (C=O) groups excluding carboxylic acids is 1. The van der Waals surface area contributed by atoms with Gasteiger partial charge in [0.2, 0.25) is 5.95 Å². The minimum Gasteiger partial charge on any atom is -0.378 e. The molecule has 0 aliphatic carbocycles. The predicted molar refractivity (Wildman–Crippen MR) is 140 cm³/mol. The van der Waals surface area contributed by atoms with Gasteiger partial charge in [0, 0.05) is 43.3 Å². The summed E-state index contributed by atoms with van der Waals surface area (Å²) in [7, 11) is 3.90. The third-order valence-corrected chi connectivity index (χ3v) is 6.15. The van der Waals surface area contributed by atoms with Crippen LogP contribution >= 0.6 is 0 Å². The van der Waals surface area contributed by atoms with Crippen LogP contribution < -0.4 is 20.4 Å². The molecule has 0 spiro atoms. The Labute approximate surface area is 208 Å². The van der Waals surface area contributed by atoms with Gasteiger partial charge in [0.15, 0.2) is 5.82 Å². The minimum atomic E-state index is -0.879. The lowest BCUT2D eigenvalue weighted by Gasteiger charge is -2.16. The number of aryl methyl sites for hydroxylation is 1. The van der Waals surface area contributed by atoms with Crippen LogP contribution in [0.25, 0.3) is 11.0 Å². The van der Waals surface area contributed by atoms with E-state index in [2.05, 4.69) is 30.6 Å². The summed E-state index contributed by atoms with van der Waals surface area (Å²) in [5, 5.41) is 6.26. The van der Waals surface area contributed by atoms with Gasteiger partial charge >= 0.3 is 0 Å². The summed E-state index contributed by atoms with van der Waals surface area (Å²) in [5.41, 5.74) is 4.95. The van der Waals surface area contributed by atoms with E-state index < -0.39 is 6.17 Å². The maximum atomic E-state index is 13.7. The highest BCUT2D eigenvalue weighted by Gasteiger charge is 2.24. The topological polar surface area (TPSA) is 99.2 Å². The zero-order chi connectivity index (χ0) is 25.2. The number of alkyl halides is 1.